The van der Waals surface area contributed by atoms with Crippen LogP contribution in [-0.2, 0) is 11.3 Å². The second-order valence-electron chi connectivity index (χ2n) is 4.27. The van der Waals surface area contributed by atoms with E-state index in [9.17, 15) is 4.79 Å². The number of hydrogen-bond donors (Lipinski definition) is 1. The number of ether oxygens (including phenoxy) is 1. The Morgan fingerprint density at radius 2 is 2.53 bits per heavy atom. The van der Waals surface area contributed by atoms with Crippen molar-refractivity contribution in [3.05, 3.63) is 29.6 Å². The number of carboxylic acids is 1. The number of morpholine rings is 1. The van der Waals surface area contributed by atoms with Crippen molar-refractivity contribution in [1.82, 2.24) is 9.88 Å². The Balaban J connectivity index is 2.02. The van der Waals surface area contributed by atoms with Crippen molar-refractivity contribution in [1.29, 1.82) is 0 Å². The first-order valence-corrected chi connectivity index (χ1v) is 5.67. The van der Waals surface area contributed by atoms with Crippen LogP contribution in [0.2, 0.25) is 0 Å². The summed E-state index contributed by atoms with van der Waals surface area (Å²) in [6.45, 7) is 5.29. The van der Waals surface area contributed by atoms with Gasteiger partial charge in [-0.25, -0.2) is 9.78 Å². The van der Waals surface area contributed by atoms with Gasteiger partial charge in [-0.3, -0.25) is 4.90 Å². The third-order valence-electron chi connectivity index (χ3n) is 2.77. The Labute approximate surface area is 100 Å². The van der Waals surface area contributed by atoms with Gasteiger partial charge in [0.1, 0.15) is 5.69 Å². The highest BCUT2D eigenvalue weighted by molar-refractivity contribution is 5.85. The summed E-state index contributed by atoms with van der Waals surface area (Å²) in [4.78, 5) is 16.9. The van der Waals surface area contributed by atoms with E-state index in [1.54, 1.807) is 12.3 Å². The van der Waals surface area contributed by atoms with Gasteiger partial charge in [0, 0.05) is 25.8 Å². The fourth-order valence-corrected chi connectivity index (χ4v) is 1.98. The zero-order chi connectivity index (χ0) is 12.3. The van der Waals surface area contributed by atoms with Gasteiger partial charge in [-0.05, 0) is 24.6 Å². The van der Waals surface area contributed by atoms with Crippen LogP contribution in [0.25, 0.3) is 0 Å². The molecule has 0 spiro atoms. The second-order valence-corrected chi connectivity index (χ2v) is 4.27. The molecule has 1 aliphatic heterocycles. The zero-order valence-corrected chi connectivity index (χ0v) is 9.80. The molecule has 0 aliphatic carbocycles. The number of nitrogens with zero attached hydrogens (tertiary/aromatic N) is 2. The Morgan fingerprint density at radius 3 is 3.24 bits per heavy atom. The molecule has 17 heavy (non-hydrogen) atoms. The Kier molecular flexibility index (Phi) is 3.71. The van der Waals surface area contributed by atoms with Gasteiger partial charge in [-0.1, -0.05) is 0 Å². The van der Waals surface area contributed by atoms with E-state index in [0.29, 0.717) is 0 Å². The highest BCUT2D eigenvalue weighted by Gasteiger charge is 2.17. The molecule has 2 heterocycles. The Bertz CT molecular complexity index is 408. The molecule has 1 N–H and O–H groups in total. The van der Waals surface area contributed by atoms with Gasteiger partial charge in [-0.15, -0.1) is 0 Å². The number of pyridine rings is 1. The van der Waals surface area contributed by atoms with Crippen LogP contribution in [-0.4, -0.2) is 46.8 Å². The van der Waals surface area contributed by atoms with Crippen molar-refractivity contribution < 1.29 is 14.6 Å². The number of aromatic nitrogens is 1. The van der Waals surface area contributed by atoms with E-state index >= 15 is 0 Å². The van der Waals surface area contributed by atoms with Gasteiger partial charge in [0.2, 0.25) is 0 Å². The van der Waals surface area contributed by atoms with E-state index in [4.69, 9.17) is 9.84 Å². The largest absolute Gasteiger partial charge is 0.477 e. The summed E-state index contributed by atoms with van der Waals surface area (Å²) >= 11 is 0. The molecule has 1 saturated heterocycles. The standard InChI is InChI=1S/C12H16N2O3/c1-9-7-14(4-5-17-9)8-10-2-3-13-11(6-10)12(15)16/h2-3,6,9H,4-5,7-8H2,1H3,(H,15,16). The molecule has 1 aromatic rings. The molecule has 0 radical (unpaired) electrons. The van der Waals surface area contributed by atoms with Gasteiger partial charge in [0.05, 0.1) is 12.7 Å². The maximum Gasteiger partial charge on any atom is 0.354 e. The molecule has 0 saturated carbocycles. The maximum absolute atomic E-state index is 10.8. The summed E-state index contributed by atoms with van der Waals surface area (Å²) in [7, 11) is 0. The molecule has 1 atom stereocenters. The van der Waals surface area contributed by atoms with E-state index < -0.39 is 5.97 Å². The predicted molar refractivity (Wildman–Crippen MR) is 61.9 cm³/mol. The quantitative estimate of drug-likeness (QED) is 0.848. The van der Waals surface area contributed by atoms with E-state index in [-0.39, 0.29) is 11.8 Å². The maximum atomic E-state index is 10.8. The van der Waals surface area contributed by atoms with Crippen LogP contribution >= 0.6 is 0 Å². The molecular weight excluding hydrogens is 220 g/mol. The lowest BCUT2D eigenvalue weighted by Crippen LogP contribution is -2.40. The topological polar surface area (TPSA) is 62.7 Å². The lowest BCUT2D eigenvalue weighted by atomic mass is 10.2. The number of carboxylic acid groups (broad SMARTS) is 1. The number of carbonyl (C=O) groups is 1. The summed E-state index contributed by atoms with van der Waals surface area (Å²) in [5, 5.41) is 8.86. The molecule has 0 bridgehead atoms. The second kappa shape index (κ2) is 5.25. The molecule has 2 rings (SSSR count). The normalized spacial score (nSPS) is 21.4. The molecule has 1 fully saturated rings. The highest BCUT2D eigenvalue weighted by atomic mass is 16.5. The highest BCUT2D eigenvalue weighted by Crippen LogP contribution is 2.10. The minimum absolute atomic E-state index is 0.101. The number of rotatable bonds is 3. The van der Waals surface area contributed by atoms with E-state index in [1.165, 1.54) is 0 Å². The van der Waals surface area contributed by atoms with Crippen molar-refractivity contribution in [2.75, 3.05) is 19.7 Å². The van der Waals surface area contributed by atoms with Gasteiger partial charge in [0.15, 0.2) is 0 Å². The van der Waals surface area contributed by atoms with Crippen LogP contribution in [0.1, 0.15) is 23.0 Å². The van der Waals surface area contributed by atoms with Crippen LogP contribution in [0.5, 0.6) is 0 Å². The van der Waals surface area contributed by atoms with Crippen molar-refractivity contribution in [3.63, 3.8) is 0 Å². The monoisotopic (exact) mass is 236 g/mol. The summed E-state index contributed by atoms with van der Waals surface area (Å²) in [5.74, 6) is -0.984. The van der Waals surface area contributed by atoms with Gasteiger partial charge < -0.3 is 9.84 Å². The fraction of sp³-hybridized carbons (Fsp3) is 0.500. The van der Waals surface area contributed by atoms with Crippen LogP contribution in [0.4, 0.5) is 0 Å². The van der Waals surface area contributed by atoms with Crippen molar-refractivity contribution in [2.45, 2.75) is 19.6 Å². The minimum atomic E-state index is -0.984. The first kappa shape index (κ1) is 12.0. The predicted octanol–water partition coefficient (Wildman–Crippen LogP) is 1.00. The summed E-state index contributed by atoms with van der Waals surface area (Å²) in [5.41, 5.74) is 1.08. The molecule has 0 amide bonds. The molecule has 5 heteroatoms. The molecule has 1 aromatic heterocycles. The summed E-state index contributed by atoms with van der Waals surface area (Å²) in [6, 6.07) is 3.48. The van der Waals surface area contributed by atoms with Crippen LogP contribution in [0, 0.1) is 0 Å². The van der Waals surface area contributed by atoms with Gasteiger partial charge >= 0.3 is 5.97 Å². The van der Waals surface area contributed by atoms with Crippen LogP contribution in [0.3, 0.4) is 0 Å². The third kappa shape index (κ3) is 3.25. The van der Waals surface area contributed by atoms with Crippen molar-refractivity contribution in [3.8, 4) is 0 Å². The molecular formula is C12H16N2O3. The van der Waals surface area contributed by atoms with Crippen molar-refractivity contribution >= 4 is 5.97 Å². The smallest absolute Gasteiger partial charge is 0.354 e. The van der Waals surface area contributed by atoms with Crippen LogP contribution in [0.15, 0.2) is 18.3 Å². The van der Waals surface area contributed by atoms with E-state index in [0.717, 1.165) is 31.8 Å². The Morgan fingerprint density at radius 1 is 1.71 bits per heavy atom. The van der Waals surface area contributed by atoms with Gasteiger partial charge in [0.25, 0.3) is 0 Å². The Hall–Kier alpha value is -1.46. The van der Waals surface area contributed by atoms with E-state index in [1.807, 2.05) is 13.0 Å². The van der Waals surface area contributed by atoms with Gasteiger partial charge in [-0.2, -0.15) is 0 Å². The SMILES string of the molecule is CC1CN(Cc2ccnc(C(=O)O)c2)CCO1. The zero-order valence-electron chi connectivity index (χ0n) is 9.80. The fourth-order valence-electron chi connectivity index (χ4n) is 1.98. The van der Waals surface area contributed by atoms with Crippen molar-refractivity contribution in [2.24, 2.45) is 0 Å². The lowest BCUT2D eigenvalue weighted by molar-refractivity contribution is -0.0212. The minimum Gasteiger partial charge on any atom is -0.477 e. The molecule has 5 nitrogen and oxygen atoms in total. The molecule has 0 aromatic carbocycles. The number of hydrogen-bond acceptors (Lipinski definition) is 4. The summed E-state index contributed by atoms with van der Waals surface area (Å²) in [6.07, 6.45) is 1.78. The lowest BCUT2D eigenvalue weighted by Gasteiger charge is -2.31. The number of aromatic carboxylic acids is 1. The third-order valence-corrected chi connectivity index (χ3v) is 2.77. The molecule has 1 unspecified atom stereocenters. The molecule has 92 valence electrons. The molecule has 1 aliphatic rings. The van der Waals surface area contributed by atoms with E-state index in [2.05, 4.69) is 9.88 Å². The van der Waals surface area contributed by atoms with Crippen LogP contribution < -0.4 is 0 Å². The summed E-state index contributed by atoms with van der Waals surface area (Å²) < 4.78 is 5.46. The average molecular weight is 236 g/mol. The first-order valence-electron chi connectivity index (χ1n) is 5.67. The average Bonchev–Trinajstić information content (AvgIpc) is 2.29. The first-order chi connectivity index (χ1) is 8.15.